The highest BCUT2D eigenvalue weighted by atomic mass is 19.1. The van der Waals surface area contributed by atoms with Gasteiger partial charge in [-0.1, -0.05) is 0 Å². The van der Waals surface area contributed by atoms with Crippen molar-refractivity contribution in [3.05, 3.63) is 78.8 Å². The zero-order chi connectivity index (χ0) is 30.2. The molecule has 0 saturated carbocycles. The van der Waals surface area contributed by atoms with E-state index in [9.17, 15) is 4.39 Å². The van der Waals surface area contributed by atoms with E-state index in [-0.39, 0.29) is 5.82 Å². The standard InChI is InChI=1S/C35H35FN8O/c36-27-12-24(13-28(15-27)45-10-9-43-5-1-2-6-43)31-20-38-21-33-29(31)16-32(40-33)34-30-14-26(19-39-35(30)42-41-34)25-11-23(17-37-18-25)22-44-7-3-4-8-44/h11-21,40H,1-10,22H2,(H,39,41,42). The van der Waals surface area contributed by atoms with Crippen molar-refractivity contribution >= 4 is 21.9 Å². The highest BCUT2D eigenvalue weighted by Gasteiger charge is 2.18. The number of benzene rings is 1. The Kier molecular flexibility index (Phi) is 7.44. The van der Waals surface area contributed by atoms with Gasteiger partial charge < -0.3 is 9.72 Å². The number of likely N-dealkylation sites (tertiary alicyclic amines) is 2. The molecule has 8 rings (SSSR count). The SMILES string of the molecule is Fc1cc(OCCN2CCCC2)cc(-c2cncc3[nH]c(-c4n[nH]c5ncc(-c6cncc(CN7CCCC7)c6)cc45)cc23)c1. The van der Waals surface area contributed by atoms with Gasteiger partial charge in [0.25, 0.3) is 0 Å². The third-order valence-electron chi connectivity index (χ3n) is 9.01. The van der Waals surface area contributed by atoms with E-state index in [0.29, 0.717) is 23.6 Å². The molecule has 0 aliphatic carbocycles. The fourth-order valence-electron chi connectivity index (χ4n) is 6.71. The lowest BCUT2D eigenvalue weighted by Crippen LogP contribution is -2.25. The first-order chi connectivity index (χ1) is 22.2. The van der Waals surface area contributed by atoms with Crippen LogP contribution in [-0.4, -0.2) is 79.3 Å². The molecule has 9 nitrogen and oxygen atoms in total. The van der Waals surface area contributed by atoms with Crippen molar-refractivity contribution in [3.8, 4) is 39.4 Å². The number of nitrogens with one attached hydrogen (secondary N) is 2. The minimum atomic E-state index is -0.340. The Bertz CT molecular complexity index is 1970. The van der Waals surface area contributed by atoms with Crippen molar-refractivity contribution in [2.75, 3.05) is 39.3 Å². The van der Waals surface area contributed by atoms with Crippen LogP contribution in [0, 0.1) is 5.82 Å². The number of hydrogen-bond donors (Lipinski definition) is 2. The van der Waals surface area contributed by atoms with Crippen LogP contribution in [0.5, 0.6) is 5.75 Å². The average molecular weight is 603 g/mol. The highest BCUT2D eigenvalue weighted by molar-refractivity contribution is 6.00. The first-order valence-corrected chi connectivity index (χ1v) is 15.8. The van der Waals surface area contributed by atoms with E-state index in [1.54, 1.807) is 12.4 Å². The average Bonchev–Trinajstić information content (AvgIpc) is 3.88. The molecule has 2 fully saturated rings. The minimum absolute atomic E-state index is 0.340. The van der Waals surface area contributed by atoms with Gasteiger partial charge in [-0.25, -0.2) is 9.37 Å². The van der Waals surface area contributed by atoms with Crippen LogP contribution in [0.3, 0.4) is 0 Å². The van der Waals surface area contributed by atoms with Gasteiger partial charge >= 0.3 is 0 Å². The lowest BCUT2D eigenvalue weighted by atomic mass is 10.0. The van der Waals surface area contributed by atoms with E-state index in [2.05, 4.69) is 52.1 Å². The summed E-state index contributed by atoms with van der Waals surface area (Å²) in [5, 5.41) is 9.54. The molecule has 0 atom stereocenters. The molecular weight excluding hydrogens is 567 g/mol. The number of halogens is 1. The number of fused-ring (bicyclic) bond motifs is 2. The maximum atomic E-state index is 14.8. The summed E-state index contributed by atoms with van der Waals surface area (Å²) in [6.07, 6.45) is 14.3. The molecule has 45 heavy (non-hydrogen) atoms. The summed E-state index contributed by atoms with van der Waals surface area (Å²) in [7, 11) is 0. The van der Waals surface area contributed by atoms with Crippen molar-refractivity contribution in [2.24, 2.45) is 0 Å². The van der Waals surface area contributed by atoms with E-state index < -0.39 is 0 Å². The largest absolute Gasteiger partial charge is 0.492 e. The van der Waals surface area contributed by atoms with E-state index in [1.165, 1.54) is 43.4 Å². The second-order valence-corrected chi connectivity index (χ2v) is 12.2. The molecule has 5 aromatic heterocycles. The number of rotatable bonds is 9. The minimum Gasteiger partial charge on any atom is -0.492 e. The number of ether oxygens (including phenoxy) is 1. The van der Waals surface area contributed by atoms with Crippen LogP contribution in [0.25, 0.3) is 55.6 Å². The number of aromatic nitrogens is 6. The molecule has 228 valence electrons. The molecule has 0 spiro atoms. The summed E-state index contributed by atoms with van der Waals surface area (Å²) >= 11 is 0. The van der Waals surface area contributed by atoms with Gasteiger partial charge in [-0.05, 0) is 93.3 Å². The van der Waals surface area contributed by atoms with Gasteiger partial charge in [0.2, 0.25) is 0 Å². The lowest BCUT2D eigenvalue weighted by Gasteiger charge is -2.15. The van der Waals surface area contributed by atoms with Crippen molar-refractivity contribution in [2.45, 2.75) is 32.2 Å². The molecular formula is C35H35FN8O. The van der Waals surface area contributed by atoms with Crippen LogP contribution in [0.4, 0.5) is 4.39 Å². The normalized spacial score (nSPS) is 15.9. The Morgan fingerprint density at radius 3 is 2.42 bits per heavy atom. The zero-order valence-electron chi connectivity index (χ0n) is 25.1. The summed E-state index contributed by atoms with van der Waals surface area (Å²) in [5.74, 6) is 0.181. The third-order valence-corrected chi connectivity index (χ3v) is 9.01. The number of nitrogens with zero attached hydrogens (tertiary/aromatic N) is 6. The van der Waals surface area contributed by atoms with Crippen LogP contribution < -0.4 is 4.74 Å². The van der Waals surface area contributed by atoms with Crippen molar-refractivity contribution in [1.82, 2.24) is 39.9 Å². The molecule has 2 saturated heterocycles. The van der Waals surface area contributed by atoms with Crippen molar-refractivity contribution < 1.29 is 9.13 Å². The van der Waals surface area contributed by atoms with E-state index in [1.807, 2.05) is 30.7 Å². The van der Waals surface area contributed by atoms with Gasteiger partial charge in [-0.2, -0.15) is 5.10 Å². The molecule has 0 amide bonds. The van der Waals surface area contributed by atoms with Crippen LogP contribution >= 0.6 is 0 Å². The lowest BCUT2D eigenvalue weighted by molar-refractivity contribution is 0.237. The predicted octanol–water partition coefficient (Wildman–Crippen LogP) is 6.44. The zero-order valence-corrected chi connectivity index (χ0v) is 25.1. The first-order valence-electron chi connectivity index (χ1n) is 15.8. The molecule has 0 bridgehead atoms. The Morgan fingerprint density at radius 2 is 1.56 bits per heavy atom. The number of H-pyrrole nitrogens is 2. The number of pyridine rings is 3. The molecule has 0 unspecified atom stereocenters. The van der Waals surface area contributed by atoms with E-state index >= 15 is 0 Å². The summed E-state index contributed by atoms with van der Waals surface area (Å²) < 4.78 is 20.8. The van der Waals surface area contributed by atoms with Gasteiger partial charge in [0.05, 0.1) is 17.4 Å². The predicted molar refractivity (Wildman–Crippen MR) is 173 cm³/mol. The molecule has 0 radical (unpaired) electrons. The second kappa shape index (κ2) is 12.0. The van der Waals surface area contributed by atoms with E-state index in [4.69, 9.17) is 4.74 Å². The smallest absolute Gasteiger partial charge is 0.155 e. The van der Waals surface area contributed by atoms with Crippen LogP contribution in [0.2, 0.25) is 0 Å². The summed E-state index contributed by atoms with van der Waals surface area (Å²) in [5.41, 5.74) is 7.87. The van der Waals surface area contributed by atoms with Gasteiger partial charge in [0.15, 0.2) is 5.65 Å². The number of aromatic amines is 2. The van der Waals surface area contributed by atoms with E-state index in [0.717, 1.165) is 83.6 Å². The molecule has 7 heterocycles. The maximum absolute atomic E-state index is 14.8. The quantitative estimate of drug-likeness (QED) is 0.197. The second-order valence-electron chi connectivity index (χ2n) is 12.2. The first kappa shape index (κ1) is 27.8. The van der Waals surface area contributed by atoms with Gasteiger partial charge in [0, 0.05) is 71.4 Å². The molecule has 6 aromatic rings. The number of hydrogen-bond acceptors (Lipinski definition) is 7. The molecule has 2 N–H and O–H groups in total. The Balaban J connectivity index is 1.09. The maximum Gasteiger partial charge on any atom is 0.155 e. The van der Waals surface area contributed by atoms with Crippen LogP contribution in [0.1, 0.15) is 31.2 Å². The summed E-state index contributed by atoms with van der Waals surface area (Å²) in [6.45, 7) is 6.78. The van der Waals surface area contributed by atoms with Crippen molar-refractivity contribution in [3.63, 3.8) is 0 Å². The van der Waals surface area contributed by atoms with Gasteiger partial charge in [-0.3, -0.25) is 24.9 Å². The Hall–Kier alpha value is -4.67. The Morgan fingerprint density at radius 1 is 0.756 bits per heavy atom. The fourth-order valence-corrected chi connectivity index (χ4v) is 6.71. The van der Waals surface area contributed by atoms with Crippen LogP contribution in [-0.2, 0) is 6.54 Å². The van der Waals surface area contributed by atoms with Crippen LogP contribution in [0.15, 0.2) is 67.4 Å². The highest BCUT2D eigenvalue weighted by Crippen LogP contribution is 2.35. The topological polar surface area (TPSA) is 98.8 Å². The molecule has 2 aliphatic heterocycles. The Labute approximate surface area is 260 Å². The van der Waals surface area contributed by atoms with Crippen molar-refractivity contribution in [1.29, 1.82) is 0 Å². The molecule has 2 aliphatic rings. The monoisotopic (exact) mass is 602 g/mol. The fraction of sp³-hybridized carbons (Fsp3) is 0.314. The van der Waals surface area contributed by atoms with Gasteiger partial charge in [0.1, 0.15) is 23.9 Å². The summed E-state index contributed by atoms with van der Waals surface area (Å²) in [4.78, 5) is 22.0. The summed E-state index contributed by atoms with van der Waals surface area (Å²) in [6, 6.07) is 11.2. The third kappa shape index (κ3) is 5.79. The molecule has 10 heteroatoms. The van der Waals surface area contributed by atoms with Gasteiger partial charge in [-0.15, -0.1) is 0 Å². The molecule has 1 aromatic carbocycles.